The van der Waals surface area contributed by atoms with Gasteiger partial charge >= 0.3 is 0 Å². The van der Waals surface area contributed by atoms with Gasteiger partial charge in [-0.15, -0.1) is 11.3 Å². The van der Waals surface area contributed by atoms with Crippen LogP contribution in [-0.2, 0) is 16.8 Å². The number of ether oxygens (including phenoxy) is 1. The summed E-state index contributed by atoms with van der Waals surface area (Å²) >= 11 is 1.25. The summed E-state index contributed by atoms with van der Waals surface area (Å²) in [5.41, 5.74) is 1.70. The van der Waals surface area contributed by atoms with Gasteiger partial charge in [0.1, 0.15) is 5.82 Å². The standard InChI is InChI=1S/C23H22FN3O3S/c1-23(2,3)22-26-20(27-30-22)13-8-10-14(11-9-13)25-21(28)19-15(12-29-4)18-16(24)6-5-7-17(18)31-19/h5-11H,12H2,1-4H3,(H,25,28). The van der Waals surface area contributed by atoms with E-state index in [4.69, 9.17) is 9.26 Å². The molecule has 0 bridgehead atoms. The number of hydrogen-bond acceptors (Lipinski definition) is 6. The molecule has 0 radical (unpaired) electrons. The van der Waals surface area contributed by atoms with Crippen LogP contribution in [0.3, 0.4) is 0 Å². The largest absolute Gasteiger partial charge is 0.380 e. The number of methoxy groups -OCH3 is 1. The number of hydrogen-bond donors (Lipinski definition) is 1. The van der Waals surface area contributed by atoms with Gasteiger partial charge in [-0.1, -0.05) is 32.0 Å². The molecule has 0 aliphatic heterocycles. The van der Waals surface area contributed by atoms with E-state index in [0.29, 0.717) is 37.9 Å². The number of benzene rings is 2. The van der Waals surface area contributed by atoms with Crippen LogP contribution in [0.25, 0.3) is 21.5 Å². The van der Waals surface area contributed by atoms with E-state index < -0.39 is 0 Å². The molecule has 2 aromatic heterocycles. The van der Waals surface area contributed by atoms with Gasteiger partial charge in [-0.3, -0.25) is 4.79 Å². The third kappa shape index (κ3) is 4.22. The maximum absolute atomic E-state index is 14.4. The van der Waals surface area contributed by atoms with Crippen LogP contribution >= 0.6 is 11.3 Å². The van der Waals surface area contributed by atoms with Crippen molar-refractivity contribution in [2.24, 2.45) is 0 Å². The number of rotatable bonds is 5. The monoisotopic (exact) mass is 439 g/mol. The molecule has 4 rings (SSSR count). The van der Waals surface area contributed by atoms with Gasteiger partial charge in [0.25, 0.3) is 5.91 Å². The normalized spacial score (nSPS) is 11.8. The zero-order valence-corrected chi connectivity index (χ0v) is 18.5. The quantitative estimate of drug-likeness (QED) is 0.426. The summed E-state index contributed by atoms with van der Waals surface area (Å²) in [7, 11) is 1.52. The molecular formula is C23H22FN3O3S. The second-order valence-corrected chi connectivity index (χ2v) is 9.21. The fourth-order valence-electron chi connectivity index (χ4n) is 3.17. The fraction of sp³-hybridized carbons (Fsp3) is 0.261. The van der Waals surface area contributed by atoms with Crippen LogP contribution in [0.5, 0.6) is 0 Å². The second kappa shape index (κ2) is 8.20. The number of nitrogens with one attached hydrogen (secondary N) is 1. The lowest BCUT2D eigenvalue weighted by Gasteiger charge is -2.10. The lowest BCUT2D eigenvalue weighted by Crippen LogP contribution is -2.12. The summed E-state index contributed by atoms with van der Waals surface area (Å²) in [5.74, 6) is 0.377. The first-order valence-corrected chi connectivity index (χ1v) is 10.5. The Balaban J connectivity index is 1.57. The van der Waals surface area contributed by atoms with Crippen molar-refractivity contribution >= 4 is 33.0 Å². The lowest BCUT2D eigenvalue weighted by molar-refractivity contribution is 0.102. The van der Waals surface area contributed by atoms with Crippen molar-refractivity contribution < 1.29 is 18.4 Å². The Morgan fingerprint density at radius 1 is 1.19 bits per heavy atom. The predicted molar refractivity (Wildman–Crippen MR) is 119 cm³/mol. The van der Waals surface area contributed by atoms with Gasteiger partial charge < -0.3 is 14.6 Å². The Morgan fingerprint density at radius 3 is 2.58 bits per heavy atom. The van der Waals surface area contributed by atoms with Crippen molar-refractivity contribution in [2.75, 3.05) is 12.4 Å². The number of aromatic nitrogens is 2. The first kappa shape index (κ1) is 21.1. The molecule has 8 heteroatoms. The smallest absolute Gasteiger partial charge is 0.266 e. The number of carbonyl (C=O) groups is 1. The molecule has 0 saturated carbocycles. The zero-order valence-electron chi connectivity index (χ0n) is 17.7. The number of thiophene rings is 1. The van der Waals surface area contributed by atoms with Crippen LogP contribution in [-0.4, -0.2) is 23.2 Å². The van der Waals surface area contributed by atoms with Gasteiger partial charge in [-0.05, 0) is 36.4 Å². The van der Waals surface area contributed by atoms with Crippen LogP contribution in [0, 0.1) is 5.82 Å². The summed E-state index contributed by atoms with van der Waals surface area (Å²) in [4.78, 5) is 17.8. The van der Waals surface area contributed by atoms with Gasteiger partial charge in [0.2, 0.25) is 11.7 Å². The van der Waals surface area contributed by atoms with E-state index >= 15 is 0 Å². The topological polar surface area (TPSA) is 77.2 Å². The van der Waals surface area contributed by atoms with Crippen molar-refractivity contribution in [1.29, 1.82) is 0 Å². The van der Waals surface area contributed by atoms with E-state index in [-0.39, 0.29) is 23.7 Å². The number of carbonyl (C=O) groups excluding carboxylic acids is 1. The van der Waals surface area contributed by atoms with Gasteiger partial charge in [-0.25, -0.2) is 4.39 Å². The minimum Gasteiger partial charge on any atom is -0.380 e. The summed E-state index contributed by atoms with van der Waals surface area (Å²) in [5, 5.41) is 7.34. The molecule has 0 aliphatic carbocycles. The number of anilines is 1. The summed E-state index contributed by atoms with van der Waals surface area (Å²) in [6.45, 7) is 6.15. The van der Waals surface area contributed by atoms with Crippen molar-refractivity contribution in [3.63, 3.8) is 0 Å². The molecule has 1 amide bonds. The summed E-state index contributed by atoms with van der Waals surface area (Å²) in [6, 6.07) is 12.0. The van der Waals surface area contributed by atoms with Crippen molar-refractivity contribution in [3.05, 3.63) is 64.6 Å². The molecule has 2 heterocycles. The number of fused-ring (bicyclic) bond motifs is 1. The van der Waals surface area contributed by atoms with E-state index in [2.05, 4.69) is 15.5 Å². The van der Waals surface area contributed by atoms with E-state index in [1.807, 2.05) is 32.9 Å². The van der Waals surface area contributed by atoms with Gasteiger partial charge in [-0.2, -0.15) is 4.98 Å². The van der Waals surface area contributed by atoms with Crippen molar-refractivity contribution in [2.45, 2.75) is 32.8 Å². The van der Waals surface area contributed by atoms with Crippen molar-refractivity contribution in [3.8, 4) is 11.4 Å². The maximum atomic E-state index is 14.4. The molecule has 0 aliphatic rings. The van der Waals surface area contributed by atoms with Crippen LogP contribution in [0.4, 0.5) is 10.1 Å². The van der Waals surface area contributed by atoms with Gasteiger partial charge in [0.05, 0.1) is 11.5 Å². The Labute approximate surface area is 183 Å². The molecule has 0 spiro atoms. The highest BCUT2D eigenvalue weighted by molar-refractivity contribution is 7.21. The van der Waals surface area contributed by atoms with Gasteiger partial charge in [0, 0.05) is 39.4 Å². The van der Waals surface area contributed by atoms with Crippen molar-refractivity contribution in [1.82, 2.24) is 10.1 Å². The molecule has 160 valence electrons. The molecular weight excluding hydrogens is 417 g/mol. The molecule has 0 atom stereocenters. The first-order chi connectivity index (χ1) is 14.8. The van der Waals surface area contributed by atoms with Gasteiger partial charge in [0.15, 0.2) is 0 Å². The average Bonchev–Trinajstić information content (AvgIpc) is 3.35. The molecule has 6 nitrogen and oxygen atoms in total. The highest BCUT2D eigenvalue weighted by Gasteiger charge is 2.23. The number of amides is 1. The van der Waals surface area contributed by atoms with E-state index in [0.717, 1.165) is 5.56 Å². The molecule has 0 saturated heterocycles. The Morgan fingerprint density at radius 2 is 1.94 bits per heavy atom. The Bertz CT molecular complexity index is 1240. The summed E-state index contributed by atoms with van der Waals surface area (Å²) in [6.07, 6.45) is 0. The van der Waals surface area contributed by atoms with E-state index in [9.17, 15) is 9.18 Å². The SMILES string of the molecule is COCc1c(C(=O)Nc2ccc(-c3noc(C(C)(C)C)n3)cc2)sc2cccc(F)c12. The minimum absolute atomic E-state index is 0.149. The zero-order chi connectivity index (χ0) is 22.2. The molecule has 0 fully saturated rings. The fourth-order valence-corrected chi connectivity index (χ4v) is 4.29. The highest BCUT2D eigenvalue weighted by Crippen LogP contribution is 2.34. The molecule has 2 aromatic carbocycles. The predicted octanol–water partition coefficient (Wildman–Crippen LogP) is 5.79. The Hall–Kier alpha value is -3.10. The molecule has 31 heavy (non-hydrogen) atoms. The third-order valence-electron chi connectivity index (χ3n) is 4.73. The molecule has 4 aromatic rings. The van der Waals surface area contributed by atoms with E-state index in [1.165, 1.54) is 24.5 Å². The number of nitrogens with zero attached hydrogens (tertiary/aromatic N) is 2. The van der Waals surface area contributed by atoms with Crippen LogP contribution in [0.1, 0.15) is 41.9 Å². The molecule has 0 unspecified atom stereocenters. The van der Waals surface area contributed by atoms with Crippen LogP contribution < -0.4 is 5.32 Å². The second-order valence-electron chi connectivity index (χ2n) is 8.16. The Kier molecular flexibility index (Phi) is 5.60. The maximum Gasteiger partial charge on any atom is 0.266 e. The lowest BCUT2D eigenvalue weighted by atomic mass is 9.97. The van der Waals surface area contributed by atoms with Crippen LogP contribution in [0.2, 0.25) is 0 Å². The van der Waals surface area contributed by atoms with Crippen LogP contribution in [0.15, 0.2) is 47.0 Å². The third-order valence-corrected chi connectivity index (χ3v) is 5.92. The van der Waals surface area contributed by atoms with E-state index in [1.54, 1.807) is 24.3 Å². The minimum atomic E-state index is -0.362. The summed E-state index contributed by atoms with van der Waals surface area (Å²) < 4.78 is 25.6. The first-order valence-electron chi connectivity index (χ1n) is 9.72. The number of halogens is 1. The average molecular weight is 440 g/mol. The molecule has 1 N–H and O–H groups in total. The highest BCUT2D eigenvalue weighted by atomic mass is 32.1.